The Morgan fingerprint density at radius 3 is 2.28 bits per heavy atom. The highest BCUT2D eigenvalue weighted by Crippen LogP contribution is 2.10. The Morgan fingerprint density at radius 1 is 1.17 bits per heavy atom. The van der Waals surface area contributed by atoms with Gasteiger partial charge in [-0.25, -0.2) is 0 Å². The fraction of sp³-hybridized carbons (Fsp3) is 0.286. The molecule has 0 aliphatic carbocycles. The second-order valence-corrected chi connectivity index (χ2v) is 4.30. The van der Waals surface area contributed by atoms with Crippen LogP contribution in [0.25, 0.3) is 6.08 Å². The van der Waals surface area contributed by atoms with E-state index in [1.165, 1.54) is 13.0 Å². The zero-order valence-corrected chi connectivity index (χ0v) is 10.9. The van der Waals surface area contributed by atoms with E-state index in [0.29, 0.717) is 0 Å². The van der Waals surface area contributed by atoms with Crippen molar-refractivity contribution in [2.75, 3.05) is 5.32 Å². The highest BCUT2D eigenvalue weighted by atomic mass is 16.2. The van der Waals surface area contributed by atoms with E-state index in [1.807, 2.05) is 26.0 Å². The summed E-state index contributed by atoms with van der Waals surface area (Å²) in [7, 11) is 0. The number of rotatable bonds is 4. The number of hydrogen-bond acceptors (Lipinski definition) is 2. The summed E-state index contributed by atoms with van der Waals surface area (Å²) in [6, 6.07) is 7.39. The van der Waals surface area contributed by atoms with Crippen molar-refractivity contribution in [3.05, 3.63) is 35.9 Å². The molecule has 0 aliphatic rings. The first-order valence-corrected chi connectivity index (χ1v) is 5.83. The maximum Gasteiger partial charge on any atom is 0.244 e. The van der Waals surface area contributed by atoms with Crippen LogP contribution in [0.2, 0.25) is 0 Å². The van der Waals surface area contributed by atoms with Crippen LogP contribution in [0, 0.1) is 0 Å². The molecule has 0 heterocycles. The minimum atomic E-state index is -0.115. The standard InChI is InChI=1S/C14H18N2O2/c1-10(2)15-14(18)9-6-12-4-7-13(8-5-12)16-11(3)17/h4-10H,1-3H3,(H,15,18)(H,16,17)/b9-6+. The Bertz CT molecular complexity index is 447. The maximum atomic E-state index is 11.4. The molecule has 4 nitrogen and oxygen atoms in total. The molecule has 0 spiro atoms. The van der Waals surface area contributed by atoms with Crippen LogP contribution in [0.15, 0.2) is 30.3 Å². The Labute approximate surface area is 107 Å². The third-order valence-corrected chi connectivity index (χ3v) is 2.09. The van der Waals surface area contributed by atoms with Crippen LogP contribution in [-0.2, 0) is 9.59 Å². The number of anilines is 1. The first-order valence-electron chi connectivity index (χ1n) is 5.83. The smallest absolute Gasteiger partial charge is 0.244 e. The third-order valence-electron chi connectivity index (χ3n) is 2.09. The van der Waals surface area contributed by atoms with Crippen LogP contribution in [0.3, 0.4) is 0 Å². The lowest BCUT2D eigenvalue weighted by Crippen LogP contribution is -2.28. The number of carbonyl (C=O) groups is 2. The second kappa shape index (κ2) is 6.59. The molecule has 1 aromatic rings. The molecular formula is C14H18N2O2. The van der Waals surface area contributed by atoms with Gasteiger partial charge in [-0.05, 0) is 37.6 Å². The molecule has 2 amide bonds. The van der Waals surface area contributed by atoms with Crippen LogP contribution < -0.4 is 10.6 Å². The van der Waals surface area contributed by atoms with Gasteiger partial charge in [0.25, 0.3) is 0 Å². The third kappa shape index (κ3) is 5.30. The van der Waals surface area contributed by atoms with Crippen LogP contribution in [0.1, 0.15) is 26.3 Å². The summed E-state index contributed by atoms with van der Waals surface area (Å²) in [6.45, 7) is 5.28. The molecule has 0 atom stereocenters. The molecule has 0 saturated heterocycles. The highest BCUT2D eigenvalue weighted by Gasteiger charge is 1.98. The fourth-order valence-electron chi connectivity index (χ4n) is 1.39. The molecule has 0 aromatic heterocycles. The summed E-state index contributed by atoms with van der Waals surface area (Å²) in [4.78, 5) is 22.2. The van der Waals surface area contributed by atoms with Crippen LogP contribution in [0.4, 0.5) is 5.69 Å². The van der Waals surface area contributed by atoms with Crippen molar-refractivity contribution in [2.45, 2.75) is 26.8 Å². The molecule has 96 valence electrons. The predicted molar refractivity (Wildman–Crippen MR) is 73.1 cm³/mol. The SMILES string of the molecule is CC(=O)Nc1ccc(/C=C/C(=O)NC(C)C)cc1. The molecule has 1 rings (SSSR count). The Morgan fingerprint density at radius 2 is 1.78 bits per heavy atom. The van der Waals surface area contributed by atoms with E-state index in [0.717, 1.165) is 11.3 Å². The number of carbonyl (C=O) groups excluding carboxylic acids is 2. The molecular weight excluding hydrogens is 228 g/mol. The first kappa shape index (κ1) is 14.0. The zero-order valence-electron chi connectivity index (χ0n) is 10.9. The van der Waals surface area contributed by atoms with Gasteiger partial charge in [-0.15, -0.1) is 0 Å². The molecule has 4 heteroatoms. The summed E-state index contributed by atoms with van der Waals surface area (Å²) in [5.74, 6) is -0.217. The van der Waals surface area contributed by atoms with Gasteiger partial charge in [0.05, 0.1) is 0 Å². The van der Waals surface area contributed by atoms with Gasteiger partial charge in [-0.2, -0.15) is 0 Å². The summed E-state index contributed by atoms with van der Waals surface area (Å²) in [5, 5.41) is 5.45. The number of nitrogens with one attached hydrogen (secondary N) is 2. The van der Waals surface area contributed by atoms with Crippen molar-refractivity contribution in [3.8, 4) is 0 Å². The van der Waals surface area contributed by atoms with Gasteiger partial charge >= 0.3 is 0 Å². The molecule has 0 radical (unpaired) electrons. The molecule has 1 aromatic carbocycles. The zero-order chi connectivity index (χ0) is 13.5. The topological polar surface area (TPSA) is 58.2 Å². The monoisotopic (exact) mass is 246 g/mol. The van der Waals surface area contributed by atoms with E-state index < -0.39 is 0 Å². The predicted octanol–water partition coefficient (Wildman–Crippen LogP) is 2.18. The average Bonchev–Trinajstić information content (AvgIpc) is 2.26. The van der Waals surface area contributed by atoms with Crippen LogP contribution in [0.5, 0.6) is 0 Å². The van der Waals surface area contributed by atoms with E-state index in [1.54, 1.807) is 18.2 Å². The van der Waals surface area contributed by atoms with Gasteiger partial charge in [-0.1, -0.05) is 12.1 Å². The summed E-state index contributed by atoms with van der Waals surface area (Å²) in [5.41, 5.74) is 1.65. The van der Waals surface area contributed by atoms with E-state index in [-0.39, 0.29) is 17.9 Å². The second-order valence-electron chi connectivity index (χ2n) is 4.30. The van der Waals surface area contributed by atoms with E-state index >= 15 is 0 Å². The molecule has 0 fully saturated rings. The van der Waals surface area contributed by atoms with Crippen molar-refractivity contribution in [2.24, 2.45) is 0 Å². The molecule has 0 saturated carbocycles. The van der Waals surface area contributed by atoms with E-state index in [2.05, 4.69) is 10.6 Å². The minimum Gasteiger partial charge on any atom is -0.350 e. The van der Waals surface area contributed by atoms with Crippen molar-refractivity contribution in [3.63, 3.8) is 0 Å². The summed E-state index contributed by atoms with van der Waals surface area (Å²) < 4.78 is 0. The highest BCUT2D eigenvalue weighted by molar-refractivity contribution is 5.92. The quantitative estimate of drug-likeness (QED) is 0.800. The molecule has 0 aliphatic heterocycles. The Kier molecular flexibility index (Phi) is 5.11. The minimum absolute atomic E-state index is 0.102. The van der Waals surface area contributed by atoms with Crippen molar-refractivity contribution >= 4 is 23.6 Å². The molecule has 0 bridgehead atoms. The van der Waals surface area contributed by atoms with Crippen molar-refractivity contribution < 1.29 is 9.59 Å². The van der Waals surface area contributed by atoms with Crippen molar-refractivity contribution in [1.82, 2.24) is 5.32 Å². The Hall–Kier alpha value is -2.10. The van der Waals surface area contributed by atoms with Gasteiger partial charge in [0.15, 0.2) is 0 Å². The van der Waals surface area contributed by atoms with Gasteiger partial charge in [-0.3, -0.25) is 9.59 Å². The Balaban J connectivity index is 2.60. The lowest BCUT2D eigenvalue weighted by Gasteiger charge is -2.04. The normalized spacial score (nSPS) is 10.7. The first-order chi connectivity index (χ1) is 8.47. The molecule has 0 unspecified atom stereocenters. The van der Waals surface area contributed by atoms with Gasteiger partial charge in [0.2, 0.25) is 11.8 Å². The van der Waals surface area contributed by atoms with E-state index in [9.17, 15) is 9.59 Å². The number of amides is 2. The lowest BCUT2D eigenvalue weighted by atomic mass is 10.2. The van der Waals surface area contributed by atoms with Crippen LogP contribution >= 0.6 is 0 Å². The summed E-state index contributed by atoms with van der Waals surface area (Å²) in [6.07, 6.45) is 3.22. The number of hydrogen-bond donors (Lipinski definition) is 2. The van der Waals surface area contributed by atoms with E-state index in [4.69, 9.17) is 0 Å². The van der Waals surface area contributed by atoms with Gasteiger partial charge < -0.3 is 10.6 Å². The van der Waals surface area contributed by atoms with Gasteiger partial charge in [0, 0.05) is 24.7 Å². The molecule has 18 heavy (non-hydrogen) atoms. The largest absolute Gasteiger partial charge is 0.350 e. The average molecular weight is 246 g/mol. The van der Waals surface area contributed by atoms with Gasteiger partial charge in [0.1, 0.15) is 0 Å². The van der Waals surface area contributed by atoms with Crippen molar-refractivity contribution in [1.29, 1.82) is 0 Å². The fourth-order valence-corrected chi connectivity index (χ4v) is 1.39. The molecule has 2 N–H and O–H groups in total. The summed E-state index contributed by atoms with van der Waals surface area (Å²) >= 11 is 0. The van der Waals surface area contributed by atoms with Crippen LogP contribution in [-0.4, -0.2) is 17.9 Å². The lowest BCUT2D eigenvalue weighted by molar-refractivity contribution is -0.117. The maximum absolute atomic E-state index is 11.4. The number of benzene rings is 1.